The molecule has 0 saturated heterocycles. The van der Waals surface area contributed by atoms with Crippen LogP contribution in [0, 0.1) is 6.92 Å². The van der Waals surface area contributed by atoms with Crippen LogP contribution in [0.2, 0.25) is 0 Å². The van der Waals surface area contributed by atoms with E-state index in [0.29, 0.717) is 12.1 Å². The van der Waals surface area contributed by atoms with Gasteiger partial charge in [0, 0.05) is 37.5 Å². The maximum atomic E-state index is 12.0. The quantitative estimate of drug-likeness (QED) is 0.560. The van der Waals surface area contributed by atoms with Gasteiger partial charge in [0.2, 0.25) is 0 Å². The Morgan fingerprint density at radius 1 is 1.40 bits per heavy atom. The maximum Gasteiger partial charge on any atom is 0.251 e. The zero-order valence-corrected chi connectivity index (χ0v) is 11.7. The number of aromatic nitrogens is 2. The predicted octanol–water partition coefficient (Wildman–Crippen LogP) is 0.987. The molecule has 0 spiro atoms. The van der Waals surface area contributed by atoms with Crippen molar-refractivity contribution >= 4 is 11.6 Å². The third-order valence-electron chi connectivity index (χ3n) is 3.23. The number of hydrogen-bond donors (Lipinski definition) is 3. The van der Waals surface area contributed by atoms with Crippen LogP contribution in [0.4, 0.5) is 5.69 Å². The Kier molecular flexibility index (Phi) is 4.37. The van der Waals surface area contributed by atoms with Crippen molar-refractivity contribution in [2.75, 3.05) is 12.0 Å². The van der Waals surface area contributed by atoms with Crippen LogP contribution in [-0.4, -0.2) is 22.2 Å². The van der Waals surface area contributed by atoms with Gasteiger partial charge in [0.25, 0.3) is 5.91 Å². The molecule has 1 amide bonds. The minimum absolute atomic E-state index is 0.0844. The molecule has 0 aliphatic carbocycles. The van der Waals surface area contributed by atoms with E-state index in [1.54, 1.807) is 23.0 Å². The van der Waals surface area contributed by atoms with Gasteiger partial charge in [-0.15, -0.1) is 0 Å². The molecule has 1 heterocycles. The fraction of sp³-hybridized carbons (Fsp3) is 0.286. The third kappa shape index (κ3) is 3.16. The van der Waals surface area contributed by atoms with Gasteiger partial charge in [-0.3, -0.25) is 15.3 Å². The Bertz CT molecular complexity index is 605. The smallest absolute Gasteiger partial charge is 0.251 e. The molecular formula is C14H19N5O. The fourth-order valence-electron chi connectivity index (χ4n) is 2.02. The standard InChI is InChI=1S/C14H19N5O/c1-10-9-11(3-4-13(10)18-15)14(20)16-7-5-12-6-8-17-19(12)2/h3-4,6,8-9,18H,5,7,15H2,1-2H3,(H,16,20). The van der Waals surface area contributed by atoms with E-state index in [1.807, 2.05) is 26.1 Å². The summed E-state index contributed by atoms with van der Waals surface area (Å²) in [6, 6.07) is 7.31. The van der Waals surface area contributed by atoms with Crippen molar-refractivity contribution < 1.29 is 4.79 Å². The van der Waals surface area contributed by atoms with Gasteiger partial charge < -0.3 is 10.7 Å². The summed E-state index contributed by atoms with van der Waals surface area (Å²) in [6.45, 7) is 2.48. The number of carbonyl (C=O) groups is 1. The Balaban J connectivity index is 1.92. The lowest BCUT2D eigenvalue weighted by atomic mass is 10.1. The van der Waals surface area contributed by atoms with E-state index in [0.717, 1.165) is 23.4 Å². The first-order valence-corrected chi connectivity index (χ1v) is 6.44. The fourth-order valence-corrected chi connectivity index (χ4v) is 2.02. The second-order valence-corrected chi connectivity index (χ2v) is 4.63. The van der Waals surface area contributed by atoms with Crippen molar-refractivity contribution in [3.63, 3.8) is 0 Å². The number of carbonyl (C=O) groups excluding carboxylic acids is 1. The molecule has 4 N–H and O–H groups in total. The summed E-state index contributed by atoms with van der Waals surface area (Å²) in [5.74, 6) is 5.28. The van der Waals surface area contributed by atoms with Crippen molar-refractivity contribution in [2.45, 2.75) is 13.3 Å². The minimum Gasteiger partial charge on any atom is -0.352 e. The molecule has 0 bridgehead atoms. The predicted molar refractivity (Wildman–Crippen MR) is 78.2 cm³/mol. The number of nitrogens with zero attached hydrogens (tertiary/aromatic N) is 2. The van der Waals surface area contributed by atoms with Crippen LogP contribution >= 0.6 is 0 Å². The average molecular weight is 273 g/mol. The van der Waals surface area contributed by atoms with E-state index in [4.69, 9.17) is 5.84 Å². The van der Waals surface area contributed by atoms with Gasteiger partial charge in [0.05, 0.1) is 5.69 Å². The molecule has 0 atom stereocenters. The Morgan fingerprint density at radius 3 is 2.80 bits per heavy atom. The summed E-state index contributed by atoms with van der Waals surface area (Å²) in [4.78, 5) is 12.0. The molecule has 0 fully saturated rings. The first-order chi connectivity index (χ1) is 9.61. The van der Waals surface area contributed by atoms with Gasteiger partial charge in [-0.2, -0.15) is 5.10 Å². The van der Waals surface area contributed by atoms with Crippen molar-refractivity contribution in [1.82, 2.24) is 15.1 Å². The summed E-state index contributed by atoms with van der Waals surface area (Å²) in [5.41, 5.74) is 6.06. The molecule has 2 aromatic rings. The second-order valence-electron chi connectivity index (χ2n) is 4.63. The number of nitrogens with two attached hydrogens (primary N) is 1. The van der Waals surface area contributed by atoms with Gasteiger partial charge in [0.1, 0.15) is 0 Å². The summed E-state index contributed by atoms with van der Waals surface area (Å²) in [6.07, 6.45) is 2.50. The first-order valence-electron chi connectivity index (χ1n) is 6.44. The number of rotatable bonds is 5. The van der Waals surface area contributed by atoms with Crippen LogP contribution in [-0.2, 0) is 13.5 Å². The second kappa shape index (κ2) is 6.21. The van der Waals surface area contributed by atoms with E-state index >= 15 is 0 Å². The molecule has 0 radical (unpaired) electrons. The van der Waals surface area contributed by atoms with Gasteiger partial charge in [-0.05, 0) is 36.8 Å². The number of hydrogen-bond acceptors (Lipinski definition) is 4. The zero-order valence-electron chi connectivity index (χ0n) is 11.7. The van der Waals surface area contributed by atoms with Crippen LogP contribution in [0.3, 0.4) is 0 Å². The van der Waals surface area contributed by atoms with E-state index in [9.17, 15) is 4.79 Å². The van der Waals surface area contributed by atoms with E-state index in [2.05, 4.69) is 15.8 Å². The lowest BCUT2D eigenvalue weighted by Crippen LogP contribution is -2.26. The number of aryl methyl sites for hydroxylation is 2. The molecule has 1 aromatic heterocycles. The molecule has 0 aliphatic heterocycles. The van der Waals surface area contributed by atoms with Crippen LogP contribution in [0.25, 0.3) is 0 Å². The van der Waals surface area contributed by atoms with E-state index < -0.39 is 0 Å². The van der Waals surface area contributed by atoms with Crippen molar-refractivity contribution in [3.8, 4) is 0 Å². The molecule has 0 aliphatic rings. The van der Waals surface area contributed by atoms with Gasteiger partial charge in [-0.1, -0.05) is 0 Å². The number of hydrazine groups is 1. The highest BCUT2D eigenvalue weighted by Crippen LogP contribution is 2.15. The minimum atomic E-state index is -0.0844. The van der Waals surface area contributed by atoms with Crippen LogP contribution in [0.5, 0.6) is 0 Å². The molecule has 1 aromatic carbocycles. The van der Waals surface area contributed by atoms with Gasteiger partial charge in [-0.25, -0.2) is 0 Å². The summed E-state index contributed by atoms with van der Waals surface area (Å²) >= 11 is 0. The zero-order chi connectivity index (χ0) is 14.5. The lowest BCUT2D eigenvalue weighted by molar-refractivity contribution is 0.0954. The Labute approximate surface area is 117 Å². The van der Waals surface area contributed by atoms with E-state index in [1.165, 1.54) is 0 Å². The first kappa shape index (κ1) is 14.1. The largest absolute Gasteiger partial charge is 0.352 e. The SMILES string of the molecule is Cc1cc(C(=O)NCCc2ccnn2C)ccc1NN. The molecule has 6 nitrogen and oxygen atoms in total. The normalized spacial score (nSPS) is 10.3. The van der Waals surface area contributed by atoms with Crippen molar-refractivity contribution in [2.24, 2.45) is 12.9 Å². The van der Waals surface area contributed by atoms with Crippen LogP contribution < -0.4 is 16.6 Å². The maximum absolute atomic E-state index is 12.0. The van der Waals surface area contributed by atoms with E-state index in [-0.39, 0.29) is 5.91 Å². The average Bonchev–Trinajstić information content (AvgIpc) is 2.84. The van der Waals surface area contributed by atoms with Gasteiger partial charge in [0.15, 0.2) is 0 Å². The Morgan fingerprint density at radius 2 is 2.20 bits per heavy atom. The summed E-state index contributed by atoms with van der Waals surface area (Å²) < 4.78 is 1.80. The molecule has 0 saturated carbocycles. The van der Waals surface area contributed by atoms with Crippen molar-refractivity contribution in [3.05, 3.63) is 47.3 Å². The number of anilines is 1. The van der Waals surface area contributed by atoms with Crippen LogP contribution in [0.15, 0.2) is 30.5 Å². The number of nitrogens with one attached hydrogen (secondary N) is 2. The van der Waals surface area contributed by atoms with Crippen LogP contribution in [0.1, 0.15) is 21.6 Å². The monoisotopic (exact) mass is 273 g/mol. The molecular weight excluding hydrogens is 254 g/mol. The number of amides is 1. The highest BCUT2D eigenvalue weighted by Gasteiger charge is 2.07. The highest BCUT2D eigenvalue weighted by molar-refractivity contribution is 5.94. The topological polar surface area (TPSA) is 85.0 Å². The molecule has 20 heavy (non-hydrogen) atoms. The third-order valence-corrected chi connectivity index (χ3v) is 3.23. The van der Waals surface area contributed by atoms with Crippen molar-refractivity contribution in [1.29, 1.82) is 0 Å². The lowest BCUT2D eigenvalue weighted by Gasteiger charge is -2.09. The number of nitrogen functional groups attached to an aromatic ring is 1. The highest BCUT2D eigenvalue weighted by atomic mass is 16.1. The van der Waals surface area contributed by atoms with Gasteiger partial charge >= 0.3 is 0 Å². The molecule has 0 unspecified atom stereocenters. The molecule has 106 valence electrons. The molecule has 6 heteroatoms. The molecule has 2 rings (SSSR count). The summed E-state index contributed by atoms with van der Waals surface area (Å²) in [5, 5.41) is 6.99. The number of benzene rings is 1. The Hall–Kier alpha value is -2.34. The summed E-state index contributed by atoms with van der Waals surface area (Å²) in [7, 11) is 1.89.